The van der Waals surface area contributed by atoms with Gasteiger partial charge in [0.05, 0.1) is 19.7 Å². The maximum atomic E-state index is 5.85. The number of aryl methyl sites for hydroxylation is 2. The summed E-state index contributed by atoms with van der Waals surface area (Å²) in [5.41, 5.74) is 2.33. The zero-order valence-electron chi connectivity index (χ0n) is 13.9. The molecule has 0 unspecified atom stereocenters. The van der Waals surface area contributed by atoms with Crippen molar-refractivity contribution >= 4 is 29.9 Å². The topological polar surface area (TPSA) is 54.9 Å². The molecule has 1 aromatic carbocycles. The summed E-state index contributed by atoms with van der Waals surface area (Å²) in [7, 11) is 1.67. The molecule has 126 valence electrons. The Labute approximate surface area is 150 Å². The highest BCUT2D eigenvalue weighted by Gasteiger charge is 2.03. The van der Waals surface area contributed by atoms with E-state index in [0.717, 1.165) is 29.4 Å². The third-order valence-corrected chi connectivity index (χ3v) is 2.96. The van der Waals surface area contributed by atoms with E-state index in [9.17, 15) is 0 Å². The van der Waals surface area contributed by atoms with E-state index in [0.29, 0.717) is 26.3 Å². The number of aliphatic imine (C=N–C) groups is 1. The highest BCUT2D eigenvalue weighted by Crippen LogP contribution is 2.21. The Morgan fingerprint density at radius 2 is 1.82 bits per heavy atom. The molecule has 0 aliphatic rings. The molecule has 6 heteroatoms. The summed E-state index contributed by atoms with van der Waals surface area (Å²) in [5.74, 6) is 1.76. The molecule has 5 nitrogen and oxygen atoms in total. The van der Waals surface area contributed by atoms with Gasteiger partial charge in [0, 0.05) is 13.7 Å². The molecule has 0 bridgehead atoms. The fourth-order valence-corrected chi connectivity index (χ4v) is 1.94. The van der Waals surface area contributed by atoms with Crippen molar-refractivity contribution < 1.29 is 9.47 Å². The molecular formula is C16H28IN3O2. The molecule has 0 aliphatic carbocycles. The predicted octanol–water partition coefficient (Wildman–Crippen LogP) is 2.50. The van der Waals surface area contributed by atoms with Gasteiger partial charge in [-0.2, -0.15) is 0 Å². The summed E-state index contributed by atoms with van der Waals surface area (Å²) in [5, 5.41) is 6.44. The van der Waals surface area contributed by atoms with Crippen molar-refractivity contribution in [3.8, 4) is 5.75 Å². The van der Waals surface area contributed by atoms with Crippen LogP contribution in [0.3, 0.4) is 0 Å². The Bertz CT molecular complexity index is 433. The van der Waals surface area contributed by atoms with Crippen LogP contribution >= 0.6 is 24.0 Å². The van der Waals surface area contributed by atoms with Crippen LogP contribution in [0.5, 0.6) is 5.75 Å². The number of nitrogens with one attached hydrogen (secondary N) is 2. The predicted molar refractivity (Wildman–Crippen MR) is 103 cm³/mol. The lowest BCUT2D eigenvalue weighted by Gasteiger charge is -2.14. The first-order valence-electron chi connectivity index (χ1n) is 7.39. The molecule has 0 spiro atoms. The lowest BCUT2D eigenvalue weighted by molar-refractivity contribution is 0.208. The minimum absolute atomic E-state index is 0. The largest absolute Gasteiger partial charge is 0.491 e. The smallest absolute Gasteiger partial charge is 0.191 e. The van der Waals surface area contributed by atoms with Crippen molar-refractivity contribution in [3.63, 3.8) is 0 Å². The summed E-state index contributed by atoms with van der Waals surface area (Å²) in [6.07, 6.45) is 0. The van der Waals surface area contributed by atoms with Gasteiger partial charge in [0.1, 0.15) is 12.4 Å². The summed E-state index contributed by atoms with van der Waals surface area (Å²) in [6.45, 7) is 9.56. The van der Waals surface area contributed by atoms with Crippen molar-refractivity contribution in [2.45, 2.75) is 20.8 Å². The third kappa shape index (κ3) is 7.84. The number of para-hydroxylation sites is 1. The van der Waals surface area contributed by atoms with E-state index in [1.54, 1.807) is 7.11 Å². The van der Waals surface area contributed by atoms with Crippen LogP contribution in [0.2, 0.25) is 0 Å². The van der Waals surface area contributed by atoms with Gasteiger partial charge in [-0.1, -0.05) is 18.2 Å². The molecule has 1 rings (SSSR count). The van der Waals surface area contributed by atoms with E-state index in [1.165, 1.54) is 0 Å². The number of halogens is 1. The standard InChI is InChI=1S/C16H27N3O2.HI/c1-5-17-16(18-9-11-20-4)19-10-12-21-15-13(2)7-6-8-14(15)3;/h6-8H,5,9-12H2,1-4H3,(H2,17,18,19);1H. The highest BCUT2D eigenvalue weighted by molar-refractivity contribution is 14.0. The van der Waals surface area contributed by atoms with E-state index in [4.69, 9.17) is 9.47 Å². The Hall–Kier alpha value is -1.02. The average molecular weight is 421 g/mol. The fraction of sp³-hybridized carbons (Fsp3) is 0.562. The zero-order valence-corrected chi connectivity index (χ0v) is 16.3. The Morgan fingerprint density at radius 1 is 1.14 bits per heavy atom. The molecule has 0 saturated heterocycles. The van der Waals surface area contributed by atoms with Gasteiger partial charge in [-0.25, -0.2) is 0 Å². The molecule has 2 N–H and O–H groups in total. The minimum atomic E-state index is 0. The van der Waals surface area contributed by atoms with Crippen molar-refractivity contribution in [2.24, 2.45) is 4.99 Å². The van der Waals surface area contributed by atoms with Crippen LogP contribution in [0.15, 0.2) is 23.2 Å². The van der Waals surface area contributed by atoms with Crippen LogP contribution in [0.4, 0.5) is 0 Å². The quantitative estimate of drug-likeness (QED) is 0.293. The van der Waals surface area contributed by atoms with Crippen LogP contribution < -0.4 is 15.4 Å². The number of ether oxygens (including phenoxy) is 2. The Balaban J connectivity index is 0.00000441. The first-order chi connectivity index (χ1) is 10.2. The van der Waals surface area contributed by atoms with Crippen molar-refractivity contribution in [3.05, 3.63) is 29.3 Å². The summed E-state index contributed by atoms with van der Waals surface area (Å²) >= 11 is 0. The highest BCUT2D eigenvalue weighted by atomic mass is 127. The lowest BCUT2D eigenvalue weighted by Crippen LogP contribution is -2.39. The number of guanidine groups is 1. The first-order valence-corrected chi connectivity index (χ1v) is 7.39. The molecule has 0 aliphatic heterocycles. The van der Waals surface area contributed by atoms with Crippen molar-refractivity contribution in [2.75, 3.05) is 40.0 Å². The second kappa shape index (κ2) is 12.5. The summed E-state index contributed by atoms with van der Waals surface area (Å²) in [4.78, 5) is 4.40. The molecular weight excluding hydrogens is 393 g/mol. The van der Waals surface area contributed by atoms with E-state index < -0.39 is 0 Å². The number of nitrogens with zero attached hydrogens (tertiary/aromatic N) is 1. The monoisotopic (exact) mass is 421 g/mol. The normalized spacial score (nSPS) is 10.8. The van der Waals surface area contributed by atoms with Gasteiger partial charge in [0.25, 0.3) is 0 Å². The molecule has 0 amide bonds. The maximum absolute atomic E-state index is 5.85. The van der Waals surface area contributed by atoms with Gasteiger partial charge in [-0.15, -0.1) is 24.0 Å². The zero-order chi connectivity index (χ0) is 15.5. The van der Waals surface area contributed by atoms with Crippen LogP contribution in [0, 0.1) is 13.8 Å². The molecule has 1 aromatic rings. The first kappa shape index (κ1) is 21.0. The van der Waals surface area contributed by atoms with Gasteiger partial charge in [0.15, 0.2) is 5.96 Å². The Kier molecular flexibility index (Phi) is 11.9. The number of methoxy groups -OCH3 is 1. The lowest BCUT2D eigenvalue weighted by atomic mass is 10.1. The SMILES string of the molecule is CCNC(=NCCOC)NCCOc1c(C)cccc1C.I. The molecule has 0 saturated carbocycles. The minimum Gasteiger partial charge on any atom is -0.491 e. The Morgan fingerprint density at radius 3 is 2.41 bits per heavy atom. The van der Waals surface area contributed by atoms with Gasteiger partial charge in [0.2, 0.25) is 0 Å². The van der Waals surface area contributed by atoms with Gasteiger partial charge in [-0.05, 0) is 31.9 Å². The number of hydrogen-bond acceptors (Lipinski definition) is 3. The molecule has 0 fully saturated rings. The van der Waals surface area contributed by atoms with Gasteiger partial charge in [-0.3, -0.25) is 4.99 Å². The second-order valence-electron chi connectivity index (χ2n) is 4.75. The van der Waals surface area contributed by atoms with Gasteiger partial charge >= 0.3 is 0 Å². The molecule has 0 heterocycles. The van der Waals surface area contributed by atoms with E-state index >= 15 is 0 Å². The van der Waals surface area contributed by atoms with Crippen molar-refractivity contribution in [1.82, 2.24) is 10.6 Å². The molecule has 0 radical (unpaired) electrons. The summed E-state index contributed by atoms with van der Waals surface area (Å²) < 4.78 is 10.8. The van der Waals surface area contributed by atoms with E-state index in [-0.39, 0.29) is 24.0 Å². The number of benzene rings is 1. The van der Waals surface area contributed by atoms with Crippen LogP contribution in [0.25, 0.3) is 0 Å². The van der Waals surface area contributed by atoms with Crippen LogP contribution in [-0.4, -0.2) is 45.9 Å². The van der Waals surface area contributed by atoms with Crippen LogP contribution in [0.1, 0.15) is 18.1 Å². The number of hydrogen-bond donors (Lipinski definition) is 2. The van der Waals surface area contributed by atoms with E-state index in [2.05, 4.69) is 41.6 Å². The molecule has 22 heavy (non-hydrogen) atoms. The molecule has 0 atom stereocenters. The fourth-order valence-electron chi connectivity index (χ4n) is 1.94. The third-order valence-electron chi connectivity index (χ3n) is 2.96. The summed E-state index contributed by atoms with van der Waals surface area (Å²) in [6, 6.07) is 6.17. The van der Waals surface area contributed by atoms with Crippen molar-refractivity contribution in [1.29, 1.82) is 0 Å². The van der Waals surface area contributed by atoms with E-state index in [1.807, 2.05) is 13.0 Å². The van der Waals surface area contributed by atoms with Crippen LogP contribution in [-0.2, 0) is 4.74 Å². The average Bonchev–Trinajstić information content (AvgIpc) is 2.46. The second-order valence-corrected chi connectivity index (χ2v) is 4.75. The molecule has 0 aromatic heterocycles. The maximum Gasteiger partial charge on any atom is 0.191 e. The number of rotatable bonds is 8. The van der Waals surface area contributed by atoms with Gasteiger partial charge < -0.3 is 20.1 Å².